The van der Waals surface area contributed by atoms with E-state index < -0.39 is 0 Å². The number of rotatable bonds is 4. The zero-order chi connectivity index (χ0) is 29.2. The molecule has 0 unspecified atom stereocenters. The van der Waals surface area contributed by atoms with Crippen molar-refractivity contribution >= 4 is 32.7 Å². The first-order chi connectivity index (χ1) is 20.1. The van der Waals surface area contributed by atoms with E-state index >= 15 is 0 Å². The van der Waals surface area contributed by atoms with Crippen molar-refractivity contribution in [3.05, 3.63) is 108 Å². The summed E-state index contributed by atoms with van der Waals surface area (Å²) in [4.78, 5) is 9.49. The molecule has 0 amide bonds. The maximum absolute atomic E-state index is 6.60. The van der Waals surface area contributed by atoms with E-state index in [1.807, 2.05) is 48.8 Å². The predicted molar refractivity (Wildman–Crippen MR) is 170 cm³/mol. The fraction of sp³-hybridized carbons (Fsp3) is 0.211. The van der Waals surface area contributed by atoms with Gasteiger partial charge in [-0.2, -0.15) is 0 Å². The van der Waals surface area contributed by atoms with Crippen LogP contribution in [0.5, 0.6) is 11.5 Å². The van der Waals surface area contributed by atoms with Gasteiger partial charge in [0.25, 0.3) is 0 Å². The summed E-state index contributed by atoms with van der Waals surface area (Å²) in [5.74, 6) is 1.20. The van der Waals surface area contributed by atoms with Gasteiger partial charge in [-0.3, -0.25) is 0 Å². The first-order valence-electron chi connectivity index (χ1n) is 14.3. The molecule has 0 atom stereocenters. The second kappa shape index (κ2) is 10.6. The quantitative estimate of drug-likeness (QED) is 0.133. The largest absolute Gasteiger partial charge is 2.00 e. The van der Waals surface area contributed by atoms with Crippen LogP contribution in [0.1, 0.15) is 52.7 Å². The number of hydrogen-bond acceptors (Lipinski definition) is 4. The summed E-state index contributed by atoms with van der Waals surface area (Å²) in [5, 5.41) is 4.16. The van der Waals surface area contributed by atoms with Crippen molar-refractivity contribution in [3.63, 3.8) is 0 Å². The number of hydrogen-bond donors (Lipinski definition) is 0. The van der Waals surface area contributed by atoms with Gasteiger partial charge in [0.15, 0.2) is 0 Å². The molecular formula is C38H32N2O2Pt. The minimum absolute atomic E-state index is 0. The fourth-order valence-electron chi connectivity index (χ4n) is 5.49. The van der Waals surface area contributed by atoms with Crippen molar-refractivity contribution in [3.8, 4) is 34.0 Å². The number of furan rings is 1. The van der Waals surface area contributed by atoms with Crippen molar-refractivity contribution in [2.75, 3.05) is 0 Å². The van der Waals surface area contributed by atoms with Crippen LogP contribution in [0.4, 0.5) is 0 Å². The van der Waals surface area contributed by atoms with Crippen molar-refractivity contribution in [2.45, 2.75) is 52.4 Å². The van der Waals surface area contributed by atoms with E-state index in [0.29, 0.717) is 11.5 Å². The van der Waals surface area contributed by atoms with Gasteiger partial charge in [-0.1, -0.05) is 107 Å². The number of benzene rings is 4. The van der Waals surface area contributed by atoms with Crippen LogP contribution in [-0.2, 0) is 31.9 Å². The average molecular weight is 744 g/mol. The molecular weight excluding hydrogens is 712 g/mol. The molecule has 0 spiro atoms. The first-order valence-corrected chi connectivity index (χ1v) is 14.3. The van der Waals surface area contributed by atoms with Gasteiger partial charge in [0, 0.05) is 23.5 Å². The van der Waals surface area contributed by atoms with Crippen LogP contribution in [0.2, 0.25) is 0 Å². The Kier molecular flexibility index (Phi) is 7.17. The van der Waals surface area contributed by atoms with E-state index in [4.69, 9.17) is 19.1 Å². The smallest absolute Gasteiger partial charge is 0.501 e. The first kappa shape index (κ1) is 29.1. The van der Waals surface area contributed by atoms with Gasteiger partial charge in [-0.05, 0) is 56.2 Å². The van der Waals surface area contributed by atoms with Crippen molar-refractivity contribution in [1.29, 1.82) is 0 Å². The molecule has 4 nitrogen and oxygen atoms in total. The molecule has 216 valence electrons. The van der Waals surface area contributed by atoms with Crippen LogP contribution in [0, 0.1) is 12.1 Å². The third kappa shape index (κ3) is 5.23. The van der Waals surface area contributed by atoms with Crippen LogP contribution in [0.25, 0.3) is 55.2 Å². The van der Waals surface area contributed by atoms with Crippen molar-refractivity contribution in [2.24, 2.45) is 0 Å². The van der Waals surface area contributed by atoms with Crippen LogP contribution in [-0.4, -0.2) is 9.97 Å². The zero-order valence-electron chi connectivity index (χ0n) is 25.1. The molecule has 5 heteroatoms. The van der Waals surface area contributed by atoms with Gasteiger partial charge in [-0.15, -0.1) is 23.8 Å². The van der Waals surface area contributed by atoms with E-state index in [0.717, 1.165) is 55.2 Å². The minimum Gasteiger partial charge on any atom is -0.501 e. The van der Waals surface area contributed by atoms with Gasteiger partial charge < -0.3 is 19.1 Å². The Morgan fingerprint density at radius 3 is 2.26 bits per heavy atom. The fourth-order valence-corrected chi connectivity index (χ4v) is 5.49. The van der Waals surface area contributed by atoms with Crippen LogP contribution < -0.4 is 4.74 Å². The van der Waals surface area contributed by atoms with E-state index in [1.54, 1.807) is 0 Å². The summed E-state index contributed by atoms with van der Waals surface area (Å²) >= 11 is 0. The van der Waals surface area contributed by atoms with E-state index in [-0.39, 0.29) is 31.9 Å². The molecule has 0 bridgehead atoms. The molecule has 0 fully saturated rings. The predicted octanol–water partition coefficient (Wildman–Crippen LogP) is 10.3. The number of nitrogens with zero attached hydrogens (tertiary/aromatic N) is 2. The summed E-state index contributed by atoms with van der Waals surface area (Å²) in [6.45, 7) is 13.2. The normalized spacial score (nSPS) is 12.2. The average Bonchev–Trinajstić information content (AvgIpc) is 3.37. The van der Waals surface area contributed by atoms with Gasteiger partial charge in [0.2, 0.25) is 0 Å². The molecule has 0 N–H and O–H groups in total. The molecule has 7 aromatic rings. The summed E-state index contributed by atoms with van der Waals surface area (Å²) in [7, 11) is 0. The van der Waals surface area contributed by atoms with Crippen molar-refractivity contribution in [1.82, 2.24) is 9.97 Å². The Morgan fingerprint density at radius 2 is 1.51 bits per heavy atom. The SMILES string of the molecule is CC(C)(C)c1ccc(-c2[c-]c(Oc3[c-]c(-c4cc(C(C)(C)C)ccn4)c4oc5cccc6ccc3c4c65)ccc2)nc1.[Pt+2]. The number of ether oxygens (including phenoxy) is 1. The monoisotopic (exact) mass is 743 g/mol. The van der Waals surface area contributed by atoms with Crippen LogP contribution in [0.3, 0.4) is 0 Å². The summed E-state index contributed by atoms with van der Waals surface area (Å²) in [6, 6.07) is 31.6. The van der Waals surface area contributed by atoms with E-state index in [1.165, 1.54) is 11.1 Å². The summed E-state index contributed by atoms with van der Waals surface area (Å²) in [5.41, 5.74) is 7.30. The van der Waals surface area contributed by atoms with Crippen LogP contribution >= 0.6 is 0 Å². The Labute approximate surface area is 266 Å². The zero-order valence-corrected chi connectivity index (χ0v) is 27.4. The van der Waals surface area contributed by atoms with Gasteiger partial charge >= 0.3 is 21.1 Å². The number of aromatic nitrogens is 2. The Balaban J connectivity index is 0.00000329. The molecule has 4 aromatic carbocycles. The maximum Gasteiger partial charge on any atom is 2.00 e. The topological polar surface area (TPSA) is 48.2 Å². The maximum atomic E-state index is 6.60. The summed E-state index contributed by atoms with van der Waals surface area (Å²) < 4.78 is 13.1. The molecule has 0 aliphatic carbocycles. The molecule has 43 heavy (non-hydrogen) atoms. The summed E-state index contributed by atoms with van der Waals surface area (Å²) in [6.07, 6.45) is 3.80. The molecule has 3 aromatic heterocycles. The Hall–Kier alpha value is -4.01. The number of pyridine rings is 2. The van der Waals surface area contributed by atoms with Crippen LogP contribution in [0.15, 0.2) is 89.6 Å². The molecule has 0 aliphatic rings. The minimum atomic E-state index is -0.0280. The Morgan fingerprint density at radius 1 is 0.721 bits per heavy atom. The van der Waals surface area contributed by atoms with Gasteiger partial charge in [-0.25, -0.2) is 0 Å². The van der Waals surface area contributed by atoms with E-state index in [2.05, 4.69) is 90.1 Å². The van der Waals surface area contributed by atoms with E-state index in [9.17, 15) is 0 Å². The molecule has 0 saturated heterocycles. The third-order valence-corrected chi connectivity index (χ3v) is 7.92. The third-order valence-electron chi connectivity index (χ3n) is 7.92. The van der Waals surface area contributed by atoms with Gasteiger partial charge in [0.05, 0.1) is 11.3 Å². The Bertz CT molecular complexity index is 2080. The second-order valence-electron chi connectivity index (χ2n) is 13.0. The van der Waals surface area contributed by atoms with Gasteiger partial charge in [0.1, 0.15) is 5.58 Å². The standard InChI is InChI=1S/C38H32N2O2.Pt/c1-37(2,3)25-17-18-39-31(20-25)29-21-33(28-15-13-23-9-8-12-32-34(23)35(28)36(29)42-32)41-27-11-7-10-24(19-27)30-16-14-26(22-40-30)38(4,5)6;/h7-18,20,22H,1-6H3;/q-2;+2. The molecule has 0 aliphatic heterocycles. The molecule has 0 saturated carbocycles. The molecule has 3 heterocycles. The molecule has 7 rings (SSSR count). The second-order valence-corrected chi connectivity index (χ2v) is 13.0. The van der Waals surface area contributed by atoms with Crippen molar-refractivity contribution < 1.29 is 30.2 Å². The molecule has 0 radical (unpaired) electrons.